The van der Waals surface area contributed by atoms with Gasteiger partial charge in [0.15, 0.2) is 6.10 Å². The second kappa shape index (κ2) is 6.44. The fourth-order valence-corrected chi connectivity index (χ4v) is 1.75. The molecule has 1 unspecified atom stereocenters. The van der Waals surface area contributed by atoms with Crippen molar-refractivity contribution in [2.45, 2.75) is 13.0 Å². The van der Waals surface area contributed by atoms with Gasteiger partial charge in [-0.2, -0.15) is 5.26 Å². The highest BCUT2D eigenvalue weighted by molar-refractivity contribution is 5.94. The van der Waals surface area contributed by atoms with Crippen molar-refractivity contribution in [3.63, 3.8) is 0 Å². The number of para-hydroxylation sites is 1. The van der Waals surface area contributed by atoms with Gasteiger partial charge in [-0.15, -0.1) is 0 Å². The number of nitrogens with one attached hydrogen (secondary N) is 1. The number of benzene rings is 2. The topological polar surface area (TPSA) is 88.1 Å². The van der Waals surface area contributed by atoms with Crippen LogP contribution in [0.15, 0.2) is 48.5 Å². The molecule has 1 amide bonds. The van der Waals surface area contributed by atoms with Crippen LogP contribution in [-0.4, -0.2) is 12.0 Å². The maximum absolute atomic E-state index is 12.0. The molecule has 106 valence electrons. The van der Waals surface area contributed by atoms with Crippen molar-refractivity contribution >= 4 is 17.3 Å². The Morgan fingerprint density at radius 1 is 1.29 bits per heavy atom. The number of nitrogens with two attached hydrogens (primary N) is 1. The second-order valence-electron chi connectivity index (χ2n) is 4.48. The lowest BCUT2D eigenvalue weighted by atomic mass is 10.2. The number of nitrogens with zero attached hydrogens (tertiary/aromatic N) is 1. The first kappa shape index (κ1) is 14.4. The molecule has 2 rings (SSSR count). The third-order valence-electron chi connectivity index (χ3n) is 2.84. The highest BCUT2D eigenvalue weighted by Gasteiger charge is 2.16. The summed E-state index contributed by atoms with van der Waals surface area (Å²) < 4.78 is 5.54. The van der Waals surface area contributed by atoms with Gasteiger partial charge in [-0.1, -0.05) is 18.2 Å². The molecule has 5 nitrogen and oxygen atoms in total. The number of hydrogen-bond acceptors (Lipinski definition) is 4. The molecule has 0 radical (unpaired) electrons. The molecule has 0 bridgehead atoms. The molecule has 3 N–H and O–H groups in total. The van der Waals surface area contributed by atoms with Gasteiger partial charge in [-0.3, -0.25) is 4.79 Å². The first-order valence-electron chi connectivity index (χ1n) is 6.42. The largest absolute Gasteiger partial charge is 0.480 e. The van der Waals surface area contributed by atoms with Gasteiger partial charge >= 0.3 is 0 Å². The summed E-state index contributed by atoms with van der Waals surface area (Å²) in [5, 5.41) is 11.8. The summed E-state index contributed by atoms with van der Waals surface area (Å²) >= 11 is 0. The van der Waals surface area contributed by atoms with Gasteiger partial charge in [0.05, 0.1) is 5.56 Å². The van der Waals surface area contributed by atoms with Gasteiger partial charge in [0.25, 0.3) is 5.91 Å². The van der Waals surface area contributed by atoms with E-state index in [4.69, 9.17) is 15.7 Å². The molecule has 0 heterocycles. The van der Waals surface area contributed by atoms with Crippen LogP contribution in [0.4, 0.5) is 11.4 Å². The van der Waals surface area contributed by atoms with E-state index in [0.29, 0.717) is 22.7 Å². The van der Waals surface area contributed by atoms with Crippen molar-refractivity contribution in [1.82, 2.24) is 0 Å². The molecule has 21 heavy (non-hydrogen) atoms. The average molecular weight is 281 g/mol. The molecule has 1 atom stereocenters. The lowest BCUT2D eigenvalue weighted by Crippen LogP contribution is -2.30. The third-order valence-corrected chi connectivity index (χ3v) is 2.84. The van der Waals surface area contributed by atoms with Gasteiger partial charge < -0.3 is 15.8 Å². The van der Waals surface area contributed by atoms with Crippen molar-refractivity contribution in [1.29, 1.82) is 5.26 Å². The smallest absolute Gasteiger partial charge is 0.265 e. The van der Waals surface area contributed by atoms with Crippen molar-refractivity contribution in [2.75, 3.05) is 11.1 Å². The minimum absolute atomic E-state index is 0.290. The lowest BCUT2D eigenvalue weighted by molar-refractivity contribution is -0.122. The van der Waals surface area contributed by atoms with E-state index >= 15 is 0 Å². The number of anilines is 2. The number of hydrogen-bond donors (Lipinski definition) is 2. The van der Waals surface area contributed by atoms with Crippen LogP contribution in [0.3, 0.4) is 0 Å². The number of carbonyl (C=O) groups excluding carboxylic acids is 1. The van der Waals surface area contributed by atoms with Crippen LogP contribution in [0.5, 0.6) is 5.75 Å². The van der Waals surface area contributed by atoms with Gasteiger partial charge in [0.1, 0.15) is 11.8 Å². The maximum atomic E-state index is 12.0. The zero-order chi connectivity index (χ0) is 15.2. The van der Waals surface area contributed by atoms with Crippen LogP contribution in [-0.2, 0) is 4.79 Å². The Balaban J connectivity index is 2.06. The molecule has 0 aromatic heterocycles. The molecule has 2 aromatic rings. The standard InChI is InChI=1S/C16H15N3O2/c1-11(16(20)19-14-5-3-2-4-6-14)21-15-8-7-13(18)9-12(15)10-17/h2-9,11H,18H2,1H3,(H,19,20). The predicted molar refractivity (Wildman–Crippen MR) is 80.7 cm³/mol. The van der Waals surface area contributed by atoms with E-state index in [2.05, 4.69) is 5.32 Å². The zero-order valence-corrected chi connectivity index (χ0v) is 11.5. The van der Waals surface area contributed by atoms with Crippen molar-refractivity contribution in [2.24, 2.45) is 0 Å². The van der Waals surface area contributed by atoms with Crippen LogP contribution < -0.4 is 15.8 Å². The molecule has 0 saturated carbocycles. The molecular weight excluding hydrogens is 266 g/mol. The number of nitriles is 1. The Bertz CT molecular complexity index is 678. The van der Waals surface area contributed by atoms with E-state index in [1.165, 1.54) is 6.07 Å². The van der Waals surface area contributed by atoms with E-state index in [9.17, 15) is 4.79 Å². The van der Waals surface area contributed by atoms with Gasteiger partial charge in [-0.05, 0) is 37.3 Å². The van der Waals surface area contributed by atoms with E-state index < -0.39 is 6.10 Å². The van der Waals surface area contributed by atoms with E-state index in [-0.39, 0.29) is 5.91 Å². The summed E-state index contributed by atoms with van der Waals surface area (Å²) in [7, 11) is 0. The fourth-order valence-electron chi connectivity index (χ4n) is 1.75. The Hall–Kier alpha value is -3.00. The molecule has 0 aliphatic carbocycles. The van der Waals surface area contributed by atoms with Crippen molar-refractivity contribution < 1.29 is 9.53 Å². The summed E-state index contributed by atoms with van der Waals surface area (Å²) in [5.74, 6) is 0.0457. The summed E-state index contributed by atoms with van der Waals surface area (Å²) in [4.78, 5) is 12.0. The molecule has 0 saturated heterocycles. The first-order chi connectivity index (χ1) is 10.1. The minimum Gasteiger partial charge on any atom is -0.480 e. The number of carbonyl (C=O) groups is 1. The van der Waals surface area contributed by atoms with E-state index in [1.54, 1.807) is 31.2 Å². The summed E-state index contributed by atoms with van der Waals surface area (Å²) in [6.07, 6.45) is -0.735. The molecule has 0 fully saturated rings. The second-order valence-corrected chi connectivity index (χ2v) is 4.48. The van der Waals surface area contributed by atoms with Crippen molar-refractivity contribution in [3.05, 3.63) is 54.1 Å². The molecule has 0 aliphatic rings. The zero-order valence-electron chi connectivity index (χ0n) is 11.5. The van der Waals surface area contributed by atoms with Crippen LogP contribution in [0.25, 0.3) is 0 Å². The van der Waals surface area contributed by atoms with Gasteiger partial charge in [0.2, 0.25) is 0 Å². The summed E-state index contributed by atoms with van der Waals surface area (Å²) in [6, 6.07) is 15.8. The number of amides is 1. The first-order valence-corrected chi connectivity index (χ1v) is 6.42. The van der Waals surface area contributed by atoms with Crippen molar-refractivity contribution in [3.8, 4) is 11.8 Å². The predicted octanol–water partition coefficient (Wildman–Crippen LogP) is 2.55. The van der Waals surface area contributed by atoms with Crippen LogP contribution in [0.2, 0.25) is 0 Å². The number of ether oxygens (including phenoxy) is 1. The van der Waals surface area contributed by atoms with E-state index in [0.717, 1.165) is 0 Å². The third kappa shape index (κ3) is 3.74. The average Bonchev–Trinajstić information content (AvgIpc) is 2.49. The molecule has 5 heteroatoms. The molecule has 0 aliphatic heterocycles. The Morgan fingerprint density at radius 3 is 2.67 bits per heavy atom. The highest BCUT2D eigenvalue weighted by Crippen LogP contribution is 2.22. The lowest BCUT2D eigenvalue weighted by Gasteiger charge is -2.15. The van der Waals surface area contributed by atoms with E-state index in [1.807, 2.05) is 24.3 Å². The fraction of sp³-hybridized carbons (Fsp3) is 0.125. The summed E-state index contributed by atoms with van der Waals surface area (Å²) in [5.41, 5.74) is 7.07. The minimum atomic E-state index is -0.735. The van der Waals surface area contributed by atoms with Gasteiger partial charge in [-0.25, -0.2) is 0 Å². The highest BCUT2D eigenvalue weighted by atomic mass is 16.5. The Kier molecular flexibility index (Phi) is 4.42. The normalized spacial score (nSPS) is 11.2. The van der Waals surface area contributed by atoms with Crippen LogP contribution in [0, 0.1) is 11.3 Å². The number of rotatable bonds is 4. The summed E-state index contributed by atoms with van der Waals surface area (Å²) in [6.45, 7) is 1.62. The quantitative estimate of drug-likeness (QED) is 0.843. The number of nitrogen functional groups attached to an aromatic ring is 1. The maximum Gasteiger partial charge on any atom is 0.265 e. The SMILES string of the molecule is CC(Oc1ccc(N)cc1C#N)C(=O)Nc1ccccc1. The Morgan fingerprint density at radius 2 is 2.00 bits per heavy atom. The van der Waals surface area contributed by atoms with Crippen LogP contribution >= 0.6 is 0 Å². The molecule has 2 aromatic carbocycles. The molecular formula is C16H15N3O2. The van der Waals surface area contributed by atoms with Gasteiger partial charge in [0, 0.05) is 11.4 Å². The van der Waals surface area contributed by atoms with Crippen LogP contribution in [0.1, 0.15) is 12.5 Å². The molecule has 0 spiro atoms. The Labute approximate surface area is 123 Å². The monoisotopic (exact) mass is 281 g/mol.